The van der Waals surface area contributed by atoms with Gasteiger partial charge in [0.15, 0.2) is 0 Å². The van der Waals surface area contributed by atoms with Crippen molar-refractivity contribution in [3.05, 3.63) is 61.7 Å². The second-order valence-corrected chi connectivity index (χ2v) is 5.05. The smallest absolute Gasteiger partial charge is 0.271 e. The molecule has 0 saturated carbocycles. The van der Waals surface area contributed by atoms with E-state index < -0.39 is 10.8 Å². The molecule has 0 unspecified atom stereocenters. The number of phenolic OH excluding ortho intramolecular Hbond substituents is 1. The van der Waals surface area contributed by atoms with Gasteiger partial charge in [0.2, 0.25) is 0 Å². The molecule has 0 fully saturated rings. The minimum absolute atomic E-state index is 0.00357. The number of benzene rings is 2. The Labute approximate surface area is 127 Å². The number of amides is 1. The molecule has 20 heavy (non-hydrogen) atoms. The van der Waals surface area contributed by atoms with E-state index in [-0.39, 0.29) is 17.1 Å². The van der Waals surface area contributed by atoms with Crippen LogP contribution in [0.1, 0.15) is 10.4 Å². The third-order valence-corrected chi connectivity index (χ3v) is 3.50. The van der Waals surface area contributed by atoms with Crippen molar-refractivity contribution >= 4 is 39.9 Å². The fraction of sp³-hybridized carbons (Fsp3) is 0. The number of phenols is 1. The van der Waals surface area contributed by atoms with Crippen LogP contribution in [0.25, 0.3) is 0 Å². The molecule has 0 saturated heterocycles. The van der Waals surface area contributed by atoms with E-state index in [4.69, 9.17) is 0 Å². The summed E-state index contributed by atoms with van der Waals surface area (Å²) in [4.78, 5) is 22.2. The van der Waals surface area contributed by atoms with Crippen LogP contribution in [0, 0.1) is 13.7 Å². The Morgan fingerprint density at radius 2 is 1.95 bits per heavy atom. The lowest BCUT2D eigenvalue weighted by molar-refractivity contribution is -0.384. The predicted molar refractivity (Wildman–Crippen MR) is 81.9 cm³/mol. The van der Waals surface area contributed by atoms with Gasteiger partial charge in [-0.05, 0) is 40.8 Å². The van der Waals surface area contributed by atoms with E-state index in [0.717, 1.165) is 15.7 Å². The average Bonchev–Trinajstić information content (AvgIpc) is 2.41. The first-order valence-corrected chi connectivity index (χ1v) is 6.60. The molecular weight excluding hydrogens is 375 g/mol. The molecule has 0 atom stereocenters. The summed E-state index contributed by atoms with van der Waals surface area (Å²) in [6.45, 7) is 0. The van der Waals surface area contributed by atoms with Gasteiger partial charge in [-0.1, -0.05) is 12.1 Å². The van der Waals surface area contributed by atoms with E-state index in [1.165, 1.54) is 6.07 Å². The molecule has 0 aliphatic rings. The van der Waals surface area contributed by atoms with Crippen LogP contribution in [0.4, 0.5) is 11.4 Å². The summed E-state index contributed by atoms with van der Waals surface area (Å²) in [5.74, 6) is -0.666. The SMILES string of the molecule is O=C(Nc1cc([N+](=O)[O-])ccc1O)c1ccccc1I. The van der Waals surface area contributed by atoms with E-state index in [2.05, 4.69) is 5.32 Å². The number of carbonyl (C=O) groups excluding carboxylic acids is 1. The number of nitro benzene ring substituents is 1. The summed E-state index contributed by atoms with van der Waals surface area (Å²) in [6, 6.07) is 10.4. The van der Waals surface area contributed by atoms with Crippen LogP contribution in [0.2, 0.25) is 0 Å². The molecule has 2 N–H and O–H groups in total. The average molecular weight is 384 g/mol. The highest BCUT2D eigenvalue weighted by Gasteiger charge is 2.15. The van der Waals surface area contributed by atoms with E-state index in [0.29, 0.717) is 5.56 Å². The van der Waals surface area contributed by atoms with Gasteiger partial charge in [0.1, 0.15) is 5.75 Å². The molecule has 1 amide bonds. The van der Waals surface area contributed by atoms with Gasteiger partial charge in [-0.2, -0.15) is 0 Å². The maximum absolute atomic E-state index is 12.1. The Balaban J connectivity index is 2.30. The highest BCUT2D eigenvalue weighted by Crippen LogP contribution is 2.28. The zero-order chi connectivity index (χ0) is 14.7. The standard InChI is InChI=1S/C13H9IN2O4/c14-10-4-2-1-3-9(10)13(18)15-11-7-8(16(19)20)5-6-12(11)17/h1-7,17H,(H,15,18). The molecule has 7 heteroatoms. The van der Waals surface area contributed by atoms with Crippen molar-refractivity contribution in [3.8, 4) is 5.75 Å². The van der Waals surface area contributed by atoms with Gasteiger partial charge >= 0.3 is 0 Å². The molecule has 6 nitrogen and oxygen atoms in total. The number of anilines is 1. The summed E-state index contributed by atoms with van der Waals surface area (Å²) < 4.78 is 0.743. The number of nitrogens with zero attached hydrogens (tertiary/aromatic N) is 1. The monoisotopic (exact) mass is 384 g/mol. The van der Waals surface area contributed by atoms with Crippen molar-refractivity contribution < 1.29 is 14.8 Å². The fourth-order valence-corrected chi connectivity index (χ4v) is 2.21. The number of halogens is 1. The predicted octanol–water partition coefficient (Wildman–Crippen LogP) is 3.16. The zero-order valence-corrected chi connectivity index (χ0v) is 12.2. The Bertz CT molecular complexity index is 688. The van der Waals surface area contributed by atoms with Crippen molar-refractivity contribution in [1.82, 2.24) is 0 Å². The van der Waals surface area contributed by atoms with Gasteiger partial charge in [0, 0.05) is 15.7 Å². The molecule has 0 radical (unpaired) electrons. The van der Waals surface area contributed by atoms with E-state index in [1.807, 2.05) is 22.6 Å². The van der Waals surface area contributed by atoms with Gasteiger partial charge in [0.05, 0.1) is 16.2 Å². The Morgan fingerprint density at radius 3 is 2.60 bits per heavy atom. The number of non-ortho nitro benzene ring substituents is 1. The van der Waals surface area contributed by atoms with Crippen LogP contribution in [-0.4, -0.2) is 15.9 Å². The minimum atomic E-state index is -0.596. The summed E-state index contributed by atoms with van der Waals surface area (Å²) in [6.07, 6.45) is 0. The fourth-order valence-electron chi connectivity index (χ4n) is 1.57. The van der Waals surface area contributed by atoms with Gasteiger partial charge in [-0.25, -0.2) is 0 Å². The number of aromatic hydroxyl groups is 1. The molecule has 0 spiro atoms. The minimum Gasteiger partial charge on any atom is -0.506 e. The van der Waals surface area contributed by atoms with Crippen molar-refractivity contribution in [2.24, 2.45) is 0 Å². The molecule has 0 aliphatic carbocycles. The highest BCUT2D eigenvalue weighted by molar-refractivity contribution is 14.1. The third kappa shape index (κ3) is 3.05. The van der Waals surface area contributed by atoms with Crippen LogP contribution >= 0.6 is 22.6 Å². The second-order valence-electron chi connectivity index (χ2n) is 3.89. The first kappa shape index (κ1) is 14.3. The van der Waals surface area contributed by atoms with Crippen LogP contribution in [0.15, 0.2) is 42.5 Å². The highest BCUT2D eigenvalue weighted by atomic mass is 127. The summed E-state index contributed by atoms with van der Waals surface area (Å²) in [5, 5.41) is 22.8. The molecule has 0 bridgehead atoms. The lowest BCUT2D eigenvalue weighted by Crippen LogP contribution is -2.13. The first-order chi connectivity index (χ1) is 9.49. The van der Waals surface area contributed by atoms with Gasteiger partial charge in [0.25, 0.3) is 11.6 Å². The van der Waals surface area contributed by atoms with Crippen molar-refractivity contribution in [1.29, 1.82) is 0 Å². The number of rotatable bonds is 3. The van der Waals surface area contributed by atoms with Gasteiger partial charge in [-0.15, -0.1) is 0 Å². The Morgan fingerprint density at radius 1 is 1.25 bits per heavy atom. The normalized spacial score (nSPS) is 10.1. The maximum atomic E-state index is 12.1. The van der Waals surface area contributed by atoms with Gasteiger partial charge < -0.3 is 10.4 Å². The number of nitro groups is 1. The molecule has 2 rings (SSSR count). The lowest BCUT2D eigenvalue weighted by Gasteiger charge is -2.08. The molecule has 0 heterocycles. The first-order valence-electron chi connectivity index (χ1n) is 5.52. The number of nitrogens with one attached hydrogen (secondary N) is 1. The van der Waals surface area contributed by atoms with Crippen LogP contribution in [0.5, 0.6) is 5.75 Å². The van der Waals surface area contributed by atoms with E-state index >= 15 is 0 Å². The zero-order valence-electron chi connectivity index (χ0n) is 10.0. The van der Waals surface area contributed by atoms with E-state index in [9.17, 15) is 20.0 Å². The lowest BCUT2D eigenvalue weighted by atomic mass is 10.2. The van der Waals surface area contributed by atoms with Crippen molar-refractivity contribution in [2.75, 3.05) is 5.32 Å². The summed E-state index contributed by atoms with van der Waals surface area (Å²) in [5.41, 5.74) is 0.226. The quantitative estimate of drug-likeness (QED) is 0.368. The van der Waals surface area contributed by atoms with Crippen molar-refractivity contribution in [3.63, 3.8) is 0 Å². The van der Waals surface area contributed by atoms with Crippen LogP contribution in [-0.2, 0) is 0 Å². The molecule has 0 aliphatic heterocycles. The summed E-state index contributed by atoms with van der Waals surface area (Å²) in [7, 11) is 0. The maximum Gasteiger partial charge on any atom is 0.271 e. The van der Waals surface area contributed by atoms with Crippen LogP contribution < -0.4 is 5.32 Å². The Hall–Kier alpha value is -2.16. The molecule has 2 aromatic rings. The molecular formula is C13H9IN2O4. The molecule has 102 valence electrons. The molecule has 0 aromatic heterocycles. The second kappa shape index (κ2) is 5.87. The number of hydrogen-bond acceptors (Lipinski definition) is 4. The van der Waals surface area contributed by atoms with Crippen LogP contribution in [0.3, 0.4) is 0 Å². The topological polar surface area (TPSA) is 92.5 Å². The molecule has 2 aromatic carbocycles. The Kier molecular flexibility index (Phi) is 4.18. The summed E-state index contributed by atoms with van der Waals surface area (Å²) >= 11 is 2.01. The third-order valence-electron chi connectivity index (χ3n) is 2.56. The number of hydrogen-bond donors (Lipinski definition) is 2. The van der Waals surface area contributed by atoms with Crippen molar-refractivity contribution in [2.45, 2.75) is 0 Å². The largest absolute Gasteiger partial charge is 0.506 e. The van der Waals surface area contributed by atoms with Gasteiger partial charge in [-0.3, -0.25) is 14.9 Å². The number of carbonyl (C=O) groups is 1. The van der Waals surface area contributed by atoms with E-state index in [1.54, 1.807) is 24.3 Å².